The standard InChI is InChI=1S/C7H8ClNO2S/c1-5-3-7(8)9-4-6(5)12(2,10)11/h3-4H,1-2H3. The Bertz CT molecular complexity index is 400. The maximum atomic E-state index is 11.1. The van der Waals surface area contributed by atoms with E-state index in [0.29, 0.717) is 10.7 Å². The van der Waals surface area contributed by atoms with Gasteiger partial charge in [-0.3, -0.25) is 0 Å². The first-order valence-electron chi connectivity index (χ1n) is 3.23. The molecule has 0 aliphatic rings. The predicted octanol–water partition coefficient (Wildman–Crippen LogP) is 1.45. The fraction of sp³-hybridized carbons (Fsp3) is 0.286. The average molecular weight is 206 g/mol. The molecule has 1 aromatic heterocycles. The molecule has 0 aliphatic heterocycles. The molecule has 12 heavy (non-hydrogen) atoms. The van der Waals surface area contributed by atoms with Gasteiger partial charge in [-0.2, -0.15) is 0 Å². The van der Waals surface area contributed by atoms with Gasteiger partial charge in [-0.15, -0.1) is 0 Å². The van der Waals surface area contributed by atoms with E-state index in [1.165, 1.54) is 12.3 Å². The lowest BCUT2D eigenvalue weighted by Gasteiger charge is -2.01. The van der Waals surface area contributed by atoms with Crippen LogP contribution in [0.1, 0.15) is 5.56 Å². The lowest BCUT2D eigenvalue weighted by atomic mass is 10.3. The second-order valence-corrected chi connectivity index (χ2v) is 4.92. The first-order chi connectivity index (χ1) is 5.41. The number of pyridine rings is 1. The van der Waals surface area contributed by atoms with E-state index in [-0.39, 0.29) is 4.90 Å². The highest BCUT2D eigenvalue weighted by atomic mass is 35.5. The molecule has 3 nitrogen and oxygen atoms in total. The highest BCUT2D eigenvalue weighted by molar-refractivity contribution is 7.90. The van der Waals surface area contributed by atoms with Gasteiger partial charge in [-0.05, 0) is 18.6 Å². The van der Waals surface area contributed by atoms with Crippen molar-refractivity contribution in [3.05, 3.63) is 23.0 Å². The SMILES string of the molecule is Cc1cc(Cl)ncc1S(C)(=O)=O. The van der Waals surface area contributed by atoms with Gasteiger partial charge in [0, 0.05) is 12.5 Å². The Hall–Kier alpha value is -0.610. The monoisotopic (exact) mass is 205 g/mol. The smallest absolute Gasteiger partial charge is 0.177 e. The first-order valence-corrected chi connectivity index (χ1v) is 5.50. The molecule has 1 aromatic rings. The number of halogens is 1. The maximum Gasteiger partial charge on any atom is 0.177 e. The molecule has 0 N–H and O–H groups in total. The molecule has 0 unspecified atom stereocenters. The van der Waals surface area contributed by atoms with E-state index in [1.807, 2.05) is 0 Å². The van der Waals surface area contributed by atoms with Crippen LogP contribution in [0.25, 0.3) is 0 Å². The number of aromatic nitrogens is 1. The van der Waals surface area contributed by atoms with Gasteiger partial charge >= 0.3 is 0 Å². The Kier molecular flexibility index (Phi) is 2.39. The lowest BCUT2D eigenvalue weighted by Crippen LogP contribution is -2.00. The molecule has 0 aromatic carbocycles. The van der Waals surface area contributed by atoms with Crippen LogP contribution in [-0.2, 0) is 9.84 Å². The molecule has 1 rings (SSSR count). The summed E-state index contributed by atoms with van der Waals surface area (Å²) < 4.78 is 22.2. The van der Waals surface area contributed by atoms with Gasteiger partial charge in [0.15, 0.2) is 9.84 Å². The lowest BCUT2D eigenvalue weighted by molar-refractivity contribution is 0.601. The second-order valence-electron chi connectivity index (χ2n) is 2.54. The van der Waals surface area contributed by atoms with E-state index in [4.69, 9.17) is 11.6 Å². The zero-order chi connectivity index (χ0) is 9.35. The van der Waals surface area contributed by atoms with E-state index in [0.717, 1.165) is 6.26 Å². The summed E-state index contributed by atoms with van der Waals surface area (Å²) in [6, 6.07) is 1.53. The molecule has 0 spiro atoms. The van der Waals surface area contributed by atoms with Crippen molar-refractivity contribution in [1.29, 1.82) is 0 Å². The summed E-state index contributed by atoms with van der Waals surface area (Å²) in [7, 11) is -3.17. The summed E-state index contributed by atoms with van der Waals surface area (Å²) in [4.78, 5) is 3.92. The van der Waals surface area contributed by atoms with Crippen molar-refractivity contribution < 1.29 is 8.42 Å². The number of sulfone groups is 1. The van der Waals surface area contributed by atoms with Crippen molar-refractivity contribution in [1.82, 2.24) is 4.98 Å². The predicted molar refractivity (Wildman–Crippen MR) is 47.1 cm³/mol. The number of aryl methyl sites for hydroxylation is 1. The quantitative estimate of drug-likeness (QED) is 0.652. The molecule has 0 fully saturated rings. The molecule has 0 radical (unpaired) electrons. The van der Waals surface area contributed by atoms with E-state index in [1.54, 1.807) is 6.92 Å². The van der Waals surface area contributed by atoms with Gasteiger partial charge in [-0.25, -0.2) is 13.4 Å². The first kappa shape index (κ1) is 9.48. The van der Waals surface area contributed by atoms with Crippen LogP contribution in [-0.4, -0.2) is 19.7 Å². The average Bonchev–Trinajstić information content (AvgIpc) is 1.83. The molecule has 1 heterocycles. The van der Waals surface area contributed by atoms with Crippen molar-refractivity contribution in [2.75, 3.05) is 6.26 Å². The number of nitrogens with zero attached hydrogens (tertiary/aromatic N) is 1. The zero-order valence-electron chi connectivity index (χ0n) is 6.70. The van der Waals surface area contributed by atoms with Crippen LogP contribution < -0.4 is 0 Å². The molecule has 0 amide bonds. The van der Waals surface area contributed by atoms with Crippen LogP contribution in [0, 0.1) is 6.92 Å². The molecular formula is C7H8ClNO2S. The van der Waals surface area contributed by atoms with Gasteiger partial charge in [0.2, 0.25) is 0 Å². The highest BCUT2D eigenvalue weighted by Gasteiger charge is 2.10. The van der Waals surface area contributed by atoms with Crippen LogP contribution in [0.15, 0.2) is 17.2 Å². The van der Waals surface area contributed by atoms with Crippen LogP contribution >= 0.6 is 11.6 Å². The van der Waals surface area contributed by atoms with E-state index < -0.39 is 9.84 Å². The minimum absolute atomic E-state index is 0.229. The molecule has 0 bridgehead atoms. The molecule has 0 saturated carbocycles. The fourth-order valence-corrected chi connectivity index (χ4v) is 2.00. The molecule has 66 valence electrons. The Balaban J connectivity index is 3.39. The summed E-state index contributed by atoms with van der Waals surface area (Å²) in [5, 5.41) is 0.305. The second kappa shape index (κ2) is 3.03. The van der Waals surface area contributed by atoms with Crippen LogP contribution in [0.2, 0.25) is 5.15 Å². The normalized spacial score (nSPS) is 11.6. The summed E-state index contributed by atoms with van der Waals surface area (Å²) >= 11 is 5.56. The third kappa shape index (κ3) is 1.95. The third-order valence-corrected chi connectivity index (χ3v) is 2.86. The Morgan fingerprint density at radius 3 is 2.50 bits per heavy atom. The Morgan fingerprint density at radius 2 is 2.08 bits per heavy atom. The molecule has 0 atom stereocenters. The van der Waals surface area contributed by atoms with Crippen molar-refractivity contribution in [2.24, 2.45) is 0 Å². The number of hydrogen-bond donors (Lipinski definition) is 0. The largest absolute Gasteiger partial charge is 0.243 e. The highest BCUT2D eigenvalue weighted by Crippen LogP contribution is 2.16. The number of hydrogen-bond acceptors (Lipinski definition) is 3. The molecular weight excluding hydrogens is 198 g/mol. The van der Waals surface area contributed by atoms with E-state index in [9.17, 15) is 8.42 Å². The summed E-state index contributed by atoms with van der Waals surface area (Å²) in [6.07, 6.45) is 2.41. The van der Waals surface area contributed by atoms with Crippen molar-refractivity contribution >= 4 is 21.4 Å². The van der Waals surface area contributed by atoms with Crippen molar-refractivity contribution in [3.8, 4) is 0 Å². The topological polar surface area (TPSA) is 47.0 Å². The van der Waals surface area contributed by atoms with E-state index in [2.05, 4.69) is 4.98 Å². The van der Waals surface area contributed by atoms with Gasteiger partial charge < -0.3 is 0 Å². The van der Waals surface area contributed by atoms with Gasteiger partial charge in [0.1, 0.15) is 5.15 Å². The van der Waals surface area contributed by atoms with Crippen molar-refractivity contribution in [3.63, 3.8) is 0 Å². The summed E-state index contributed by atoms with van der Waals surface area (Å²) in [6.45, 7) is 1.68. The maximum absolute atomic E-state index is 11.1. The van der Waals surface area contributed by atoms with Crippen LogP contribution in [0.3, 0.4) is 0 Å². The fourth-order valence-electron chi connectivity index (χ4n) is 0.897. The molecule has 0 aliphatic carbocycles. The van der Waals surface area contributed by atoms with Crippen LogP contribution in [0.4, 0.5) is 0 Å². The Labute approximate surface area is 76.3 Å². The molecule has 0 saturated heterocycles. The van der Waals surface area contributed by atoms with E-state index >= 15 is 0 Å². The Morgan fingerprint density at radius 1 is 1.50 bits per heavy atom. The van der Waals surface area contributed by atoms with Crippen molar-refractivity contribution in [2.45, 2.75) is 11.8 Å². The minimum atomic E-state index is -3.17. The molecule has 5 heteroatoms. The van der Waals surface area contributed by atoms with Gasteiger partial charge in [-0.1, -0.05) is 11.6 Å². The van der Waals surface area contributed by atoms with Crippen LogP contribution in [0.5, 0.6) is 0 Å². The van der Waals surface area contributed by atoms with Gasteiger partial charge in [0.25, 0.3) is 0 Å². The third-order valence-electron chi connectivity index (χ3n) is 1.43. The summed E-state index contributed by atoms with van der Waals surface area (Å²) in [5.74, 6) is 0. The number of rotatable bonds is 1. The minimum Gasteiger partial charge on any atom is -0.243 e. The van der Waals surface area contributed by atoms with Gasteiger partial charge in [0.05, 0.1) is 4.90 Å². The zero-order valence-corrected chi connectivity index (χ0v) is 8.28. The summed E-state index contributed by atoms with van der Waals surface area (Å²) in [5.41, 5.74) is 0.623.